The molecule has 2 aliphatic carbocycles. The summed E-state index contributed by atoms with van der Waals surface area (Å²) in [5.41, 5.74) is 4.86. The van der Waals surface area contributed by atoms with E-state index < -0.39 is 11.7 Å². The molecule has 0 bridgehead atoms. The molecule has 2 aromatic heterocycles. The third-order valence-electron chi connectivity index (χ3n) is 3.99. The van der Waals surface area contributed by atoms with E-state index in [2.05, 4.69) is 19.9 Å². The van der Waals surface area contributed by atoms with Crippen LogP contribution in [0.5, 0.6) is 0 Å². The summed E-state index contributed by atoms with van der Waals surface area (Å²) in [6.07, 6.45) is 1.42. The maximum absolute atomic E-state index is 11.0. The molecule has 2 aliphatic rings. The highest BCUT2D eigenvalue weighted by Crippen LogP contribution is 2.62. The topological polar surface area (TPSA) is 181 Å². The largest absolute Gasteiger partial charge is 0.400 e. The highest BCUT2D eigenvalue weighted by atomic mass is 16.4. The van der Waals surface area contributed by atoms with Gasteiger partial charge in [-0.1, -0.05) is 0 Å². The summed E-state index contributed by atoms with van der Waals surface area (Å²) in [6.45, 7) is 0.00808. The Labute approximate surface area is 124 Å². The lowest BCUT2D eigenvalue weighted by Gasteiger charge is -2.35. The summed E-state index contributed by atoms with van der Waals surface area (Å²) < 4.78 is 0. The smallest absolute Gasteiger partial charge is 0.278 e. The van der Waals surface area contributed by atoms with Crippen LogP contribution in [0.3, 0.4) is 0 Å². The van der Waals surface area contributed by atoms with E-state index in [9.17, 15) is 9.90 Å². The summed E-state index contributed by atoms with van der Waals surface area (Å²) in [4.78, 5) is 23.5. The monoisotopic (exact) mass is 313 g/mol. The predicted molar refractivity (Wildman–Crippen MR) is 76.7 cm³/mol. The SMILES string of the molecule is CO.Nc1nc2nc[nH]c2c(=O)[nH]1.OCC1C(O)[C@]2(O)CC12. The normalized spacial score (nSPS) is 31.0. The number of anilines is 1. The molecule has 2 heterocycles. The van der Waals surface area contributed by atoms with Crippen LogP contribution in [0.15, 0.2) is 11.1 Å². The van der Waals surface area contributed by atoms with Gasteiger partial charge in [0.15, 0.2) is 11.2 Å². The second-order valence-corrected chi connectivity index (χ2v) is 5.15. The number of H-pyrrole nitrogens is 2. The van der Waals surface area contributed by atoms with Crippen LogP contribution in [0.25, 0.3) is 11.2 Å². The third-order valence-corrected chi connectivity index (χ3v) is 3.99. The molecule has 22 heavy (non-hydrogen) atoms. The summed E-state index contributed by atoms with van der Waals surface area (Å²) in [6, 6.07) is 0. The number of nitrogen functional groups attached to an aromatic ring is 1. The fourth-order valence-electron chi connectivity index (χ4n) is 2.71. The first-order valence-electron chi connectivity index (χ1n) is 6.62. The van der Waals surface area contributed by atoms with Gasteiger partial charge in [-0.3, -0.25) is 9.78 Å². The number of aliphatic hydroxyl groups excluding tert-OH is 3. The van der Waals surface area contributed by atoms with Gasteiger partial charge in [-0.05, 0) is 6.42 Å². The molecule has 4 rings (SSSR count). The maximum atomic E-state index is 11.0. The molecule has 0 amide bonds. The maximum Gasteiger partial charge on any atom is 0.278 e. The molecule has 2 aromatic rings. The number of imidazole rings is 1. The number of hydrogen-bond acceptors (Lipinski definition) is 8. The highest BCUT2D eigenvalue weighted by molar-refractivity contribution is 5.69. The van der Waals surface area contributed by atoms with Crippen LogP contribution in [-0.2, 0) is 0 Å². The number of nitrogens with one attached hydrogen (secondary N) is 2. The Kier molecular flexibility index (Phi) is 4.47. The molecule has 0 aliphatic heterocycles. The lowest BCUT2D eigenvalue weighted by Crippen LogP contribution is -2.50. The number of aromatic amines is 2. The average Bonchev–Trinajstić information content (AvgIpc) is 2.87. The van der Waals surface area contributed by atoms with Crippen molar-refractivity contribution < 1.29 is 20.4 Å². The van der Waals surface area contributed by atoms with Crippen molar-refractivity contribution in [1.29, 1.82) is 0 Å². The van der Waals surface area contributed by atoms with Crippen molar-refractivity contribution in [2.45, 2.75) is 18.1 Å². The van der Waals surface area contributed by atoms with Crippen molar-refractivity contribution in [3.05, 3.63) is 16.7 Å². The van der Waals surface area contributed by atoms with Gasteiger partial charge in [-0.2, -0.15) is 4.98 Å². The molecule has 2 saturated carbocycles. The number of aliphatic hydroxyl groups is 4. The zero-order chi connectivity index (χ0) is 16.5. The van der Waals surface area contributed by atoms with Gasteiger partial charge in [0.25, 0.3) is 5.56 Å². The molecule has 2 fully saturated rings. The van der Waals surface area contributed by atoms with E-state index in [-0.39, 0.29) is 30.0 Å². The Balaban J connectivity index is 0.000000146. The van der Waals surface area contributed by atoms with Crippen molar-refractivity contribution in [2.24, 2.45) is 11.8 Å². The van der Waals surface area contributed by atoms with E-state index in [1.54, 1.807) is 0 Å². The van der Waals surface area contributed by atoms with Crippen LogP contribution in [0.1, 0.15) is 6.42 Å². The van der Waals surface area contributed by atoms with Gasteiger partial charge in [-0.25, -0.2) is 4.98 Å². The number of hydrogen-bond donors (Lipinski definition) is 7. The molecule has 0 aromatic carbocycles. The van der Waals surface area contributed by atoms with Crippen molar-refractivity contribution in [3.63, 3.8) is 0 Å². The van der Waals surface area contributed by atoms with Gasteiger partial charge in [0.2, 0.25) is 5.95 Å². The van der Waals surface area contributed by atoms with Crippen LogP contribution in [0.2, 0.25) is 0 Å². The molecule has 122 valence electrons. The van der Waals surface area contributed by atoms with Gasteiger partial charge in [-0.15, -0.1) is 0 Å². The van der Waals surface area contributed by atoms with E-state index in [1.807, 2.05) is 0 Å². The summed E-state index contributed by atoms with van der Waals surface area (Å²) >= 11 is 0. The van der Waals surface area contributed by atoms with Gasteiger partial charge >= 0.3 is 0 Å². The quantitative estimate of drug-likeness (QED) is 0.303. The standard InChI is InChI=1S/C6H10O3.C5H5N5O.CH4O/c7-2-3-4-1-6(4,9)5(3)8;6-5-9-3-2(4(11)10-5)7-1-8-3;1-2/h3-5,7-9H,1-2H2;1H,(H4,6,7,8,9,10,11);2H,1H3/t3?,4?,5?,6-;;/m0../s1. The van der Waals surface area contributed by atoms with Crippen LogP contribution in [0, 0.1) is 11.8 Å². The molecular weight excluding hydrogens is 294 g/mol. The Morgan fingerprint density at radius 1 is 1.50 bits per heavy atom. The van der Waals surface area contributed by atoms with Crippen LogP contribution < -0.4 is 11.3 Å². The molecular formula is C12H19N5O5. The Hall–Kier alpha value is -2.01. The number of fused-ring (bicyclic) bond motifs is 2. The molecule has 4 atom stereocenters. The fourth-order valence-corrected chi connectivity index (χ4v) is 2.71. The first-order chi connectivity index (χ1) is 10.5. The van der Waals surface area contributed by atoms with Gasteiger partial charge in [0, 0.05) is 25.6 Å². The molecule has 10 heteroatoms. The molecule has 0 spiro atoms. The minimum Gasteiger partial charge on any atom is -0.400 e. The zero-order valence-electron chi connectivity index (χ0n) is 11.9. The van der Waals surface area contributed by atoms with Gasteiger partial charge in [0.05, 0.1) is 18.0 Å². The Morgan fingerprint density at radius 3 is 2.68 bits per heavy atom. The Morgan fingerprint density at radius 2 is 2.18 bits per heavy atom. The van der Waals surface area contributed by atoms with E-state index in [1.165, 1.54) is 6.33 Å². The third kappa shape index (κ3) is 2.57. The summed E-state index contributed by atoms with van der Waals surface area (Å²) in [5.74, 6) is 0.224. The molecule has 0 saturated heterocycles. The van der Waals surface area contributed by atoms with E-state index >= 15 is 0 Å². The van der Waals surface area contributed by atoms with E-state index in [0.29, 0.717) is 17.6 Å². The van der Waals surface area contributed by atoms with Crippen molar-refractivity contribution in [3.8, 4) is 0 Å². The highest BCUT2D eigenvalue weighted by Gasteiger charge is 2.73. The minimum atomic E-state index is -0.784. The molecule has 0 radical (unpaired) electrons. The van der Waals surface area contributed by atoms with E-state index in [4.69, 9.17) is 21.1 Å². The van der Waals surface area contributed by atoms with Gasteiger partial charge in [0.1, 0.15) is 0 Å². The van der Waals surface area contributed by atoms with Crippen LogP contribution in [-0.4, -0.2) is 65.8 Å². The average molecular weight is 313 g/mol. The fraction of sp³-hybridized carbons (Fsp3) is 0.583. The second kappa shape index (κ2) is 6.01. The summed E-state index contributed by atoms with van der Waals surface area (Å²) in [7, 11) is 1.00. The van der Waals surface area contributed by atoms with E-state index in [0.717, 1.165) is 7.11 Å². The second-order valence-electron chi connectivity index (χ2n) is 5.15. The summed E-state index contributed by atoms with van der Waals surface area (Å²) in [5, 5.41) is 33.9. The number of aromatic nitrogens is 4. The Bertz CT molecular complexity index is 701. The van der Waals surface area contributed by atoms with Crippen molar-refractivity contribution in [1.82, 2.24) is 19.9 Å². The van der Waals surface area contributed by atoms with Gasteiger partial charge < -0.3 is 31.1 Å². The first kappa shape index (κ1) is 16.4. The van der Waals surface area contributed by atoms with Crippen LogP contribution >= 0.6 is 0 Å². The lowest BCUT2D eigenvalue weighted by atomic mass is 9.80. The predicted octanol–water partition coefficient (Wildman–Crippen LogP) is -2.44. The number of rotatable bonds is 1. The first-order valence-corrected chi connectivity index (χ1v) is 6.62. The van der Waals surface area contributed by atoms with Crippen molar-refractivity contribution in [2.75, 3.05) is 19.5 Å². The zero-order valence-corrected chi connectivity index (χ0v) is 11.9. The molecule has 3 unspecified atom stereocenters. The minimum absolute atomic E-state index is 0.00808. The number of nitrogens with two attached hydrogens (primary N) is 1. The molecule has 8 N–H and O–H groups in total. The lowest BCUT2D eigenvalue weighted by molar-refractivity contribution is -0.127. The van der Waals surface area contributed by atoms with Crippen molar-refractivity contribution >= 4 is 17.1 Å². The molecule has 10 nitrogen and oxygen atoms in total. The number of nitrogens with zero attached hydrogens (tertiary/aromatic N) is 2. The van der Waals surface area contributed by atoms with Crippen LogP contribution in [0.4, 0.5) is 5.95 Å².